The molecule has 1 N–H and O–H groups in total. The van der Waals surface area contributed by atoms with Crippen molar-refractivity contribution in [2.45, 2.75) is 38.8 Å². The van der Waals surface area contributed by atoms with Crippen LogP contribution in [0, 0.1) is 0 Å². The minimum Gasteiger partial charge on any atom is -0.459 e. The number of ether oxygens (including phenoxy) is 1. The topological polar surface area (TPSA) is 41.6 Å². The van der Waals surface area contributed by atoms with Gasteiger partial charge in [0.2, 0.25) is 0 Å². The molecule has 21 heavy (non-hydrogen) atoms. The van der Waals surface area contributed by atoms with Gasteiger partial charge in [0.1, 0.15) is 5.60 Å². The molecule has 0 bridgehead atoms. The second-order valence-corrected chi connectivity index (χ2v) is 6.62. The lowest BCUT2D eigenvalue weighted by Crippen LogP contribution is -2.43. The zero-order valence-electron chi connectivity index (χ0n) is 13.8. The Labute approximate surface area is 128 Å². The SMILES string of the molecule is CN(C)CC(Cc1ccccc1)NCC(=O)OC(C)(C)C. The molecule has 0 aliphatic rings. The van der Waals surface area contributed by atoms with Crippen molar-refractivity contribution in [2.75, 3.05) is 27.2 Å². The third kappa shape index (κ3) is 8.48. The average Bonchev–Trinajstić information content (AvgIpc) is 2.34. The van der Waals surface area contributed by atoms with Crippen LogP contribution in [0.5, 0.6) is 0 Å². The number of rotatable bonds is 7. The van der Waals surface area contributed by atoms with Gasteiger partial charge in [0, 0.05) is 12.6 Å². The summed E-state index contributed by atoms with van der Waals surface area (Å²) in [4.78, 5) is 13.9. The lowest BCUT2D eigenvalue weighted by Gasteiger charge is -2.24. The fourth-order valence-corrected chi connectivity index (χ4v) is 2.15. The molecule has 0 aliphatic carbocycles. The quantitative estimate of drug-likeness (QED) is 0.781. The van der Waals surface area contributed by atoms with Crippen molar-refractivity contribution in [3.05, 3.63) is 35.9 Å². The van der Waals surface area contributed by atoms with Gasteiger partial charge in [-0.05, 0) is 46.9 Å². The lowest BCUT2D eigenvalue weighted by molar-refractivity contribution is -0.153. The van der Waals surface area contributed by atoms with Crippen molar-refractivity contribution in [3.63, 3.8) is 0 Å². The van der Waals surface area contributed by atoms with E-state index in [1.807, 2.05) is 53.1 Å². The van der Waals surface area contributed by atoms with Gasteiger partial charge < -0.3 is 15.0 Å². The first-order valence-electron chi connectivity index (χ1n) is 7.40. The van der Waals surface area contributed by atoms with E-state index >= 15 is 0 Å². The number of esters is 1. The van der Waals surface area contributed by atoms with Crippen LogP contribution in [0.3, 0.4) is 0 Å². The molecular weight excluding hydrogens is 264 g/mol. The van der Waals surface area contributed by atoms with E-state index in [0.29, 0.717) is 0 Å². The maximum absolute atomic E-state index is 11.8. The van der Waals surface area contributed by atoms with Crippen molar-refractivity contribution in [2.24, 2.45) is 0 Å². The van der Waals surface area contributed by atoms with Gasteiger partial charge in [-0.1, -0.05) is 30.3 Å². The Kier molecular flexibility index (Phi) is 6.85. The highest BCUT2D eigenvalue weighted by atomic mass is 16.6. The van der Waals surface area contributed by atoms with Gasteiger partial charge >= 0.3 is 5.97 Å². The number of hydrogen-bond donors (Lipinski definition) is 1. The van der Waals surface area contributed by atoms with Crippen molar-refractivity contribution >= 4 is 5.97 Å². The van der Waals surface area contributed by atoms with Gasteiger partial charge in [-0.2, -0.15) is 0 Å². The van der Waals surface area contributed by atoms with E-state index in [1.165, 1.54) is 5.56 Å². The maximum Gasteiger partial charge on any atom is 0.320 e. The fraction of sp³-hybridized carbons (Fsp3) is 0.588. The van der Waals surface area contributed by atoms with Crippen LogP contribution in [-0.2, 0) is 16.0 Å². The molecule has 0 heterocycles. The van der Waals surface area contributed by atoms with Crippen molar-refractivity contribution in [1.82, 2.24) is 10.2 Å². The molecule has 1 atom stereocenters. The van der Waals surface area contributed by atoms with E-state index in [9.17, 15) is 4.79 Å². The normalized spacial score (nSPS) is 13.2. The summed E-state index contributed by atoms with van der Waals surface area (Å²) in [6.07, 6.45) is 0.891. The number of likely N-dealkylation sites (N-methyl/N-ethyl adjacent to an activating group) is 1. The molecule has 0 saturated heterocycles. The summed E-state index contributed by atoms with van der Waals surface area (Å²) in [6.45, 7) is 6.75. The molecule has 0 aromatic heterocycles. The van der Waals surface area contributed by atoms with Crippen LogP contribution in [0.2, 0.25) is 0 Å². The van der Waals surface area contributed by atoms with Crippen LogP contribution >= 0.6 is 0 Å². The summed E-state index contributed by atoms with van der Waals surface area (Å²) in [6, 6.07) is 10.5. The van der Waals surface area contributed by atoms with E-state index in [4.69, 9.17) is 4.74 Å². The van der Waals surface area contributed by atoms with Crippen molar-refractivity contribution in [1.29, 1.82) is 0 Å². The molecule has 4 nitrogen and oxygen atoms in total. The standard InChI is InChI=1S/C17H28N2O2/c1-17(2,3)21-16(20)12-18-15(13-19(4)5)11-14-9-7-6-8-10-14/h6-10,15,18H,11-13H2,1-5H3. The summed E-state index contributed by atoms with van der Waals surface area (Å²) < 4.78 is 5.33. The highest BCUT2D eigenvalue weighted by molar-refractivity contribution is 5.72. The van der Waals surface area contributed by atoms with Gasteiger partial charge in [0.15, 0.2) is 0 Å². The van der Waals surface area contributed by atoms with Crippen LogP contribution in [0.15, 0.2) is 30.3 Å². The summed E-state index contributed by atoms with van der Waals surface area (Å²) in [7, 11) is 4.07. The highest BCUT2D eigenvalue weighted by Crippen LogP contribution is 2.07. The van der Waals surface area contributed by atoms with E-state index < -0.39 is 5.60 Å². The Balaban J connectivity index is 2.52. The molecule has 0 fully saturated rings. The first-order chi connectivity index (χ1) is 9.76. The molecular formula is C17H28N2O2. The number of carbonyl (C=O) groups is 1. The van der Waals surface area contributed by atoms with Crippen molar-refractivity contribution in [3.8, 4) is 0 Å². The Morgan fingerprint density at radius 3 is 2.38 bits per heavy atom. The Morgan fingerprint density at radius 2 is 1.86 bits per heavy atom. The largest absolute Gasteiger partial charge is 0.459 e. The number of nitrogens with zero attached hydrogens (tertiary/aromatic N) is 1. The van der Waals surface area contributed by atoms with Gasteiger partial charge in [0.05, 0.1) is 6.54 Å². The molecule has 1 unspecified atom stereocenters. The zero-order chi connectivity index (χ0) is 15.9. The Hall–Kier alpha value is -1.39. The zero-order valence-corrected chi connectivity index (χ0v) is 13.8. The smallest absolute Gasteiger partial charge is 0.320 e. The van der Waals surface area contributed by atoms with Gasteiger partial charge in [-0.25, -0.2) is 0 Å². The Bertz CT molecular complexity index is 424. The predicted molar refractivity (Wildman–Crippen MR) is 86.3 cm³/mol. The van der Waals surface area contributed by atoms with Crippen LogP contribution in [-0.4, -0.2) is 49.7 Å². The van der Waals surface area contributed by atoms with Gasteiger partial charge in [-0.3, -0.25) is 4.79 Å². The van der Waals surface area contributed by atoms with Crippen LogP contribution in [0.4, 0.5) is 0 Å². The van der Waals surface area contributed by atoms with Crippen molar-refractivity contribution < 1.29 is 9.53 Å². The minimum absolute atomic E-state index is 0.209. The van der Waals surface area contributed by atoms with Gasteiger partial charge in [-0.15, -0.1) is 0 Å². The summed E-state index contributed by atoms with van der Waals surface area (Å²) in [5.41, 5.74) is 0.830. The summed E-state index contributed by atoms with van der Waals surface area (Å²) in [5.74, 6) is -0.209. The molecule has 118 valence electrons. The molecule has 1 aromatic carbocycles. The number of benzene rings is 1. The summed E-state index contributed by atoms with van der Waals surface area (Å²) in [5, 5.41) is 3.31. The fourth-order valence-electron chi connectivity index (χ4n) is 2.15. The molecule has 0 saturated carbocycles. The minimum atomic E-state index is -0.435. The van der Waals surface area contributed by atoms with E-state index in [2.05, 4.69) is 22.3 Å². The number of carbonyl (C=O) groups excluding carboxylic acids is 1. The monoisotopic (exact) mass is 292 g/mol. The van der Waals surface area contributed by atoms with Crippen LogP contribution in [0.25, 0.3) is 0 Å². The van der Waals surface area contributed by atoms with E-state index in [-0.39, 0.29) is 18.6 Å². The first kappa shape index (κ1) is 17.7. The van der Waals surface area contributed by atoms with Crippen LogP contribution in [0.1, 0.15) is 26.3 Å². The highest BCUT2D eigenvalue weighted by Gasteiger charge is 2.18. The summed E-state index contributed by atoms with van der Waals surface area (Å²) >= 11 is 0. The second-order valence-electron chi connectivity index (χ2n) is 6.62. The first-order valence-corrected chi connectivity index (χ1v) is 7.40. The molecule has 4 heteroatoms. The maximum atomic E-state index is 11.8. The Morgan fingerprint density at radius 1 is 1.24 bits per heavy atom. The molecule has 0 radical (unpaired) electrons. The van der Waals surface area contributed by atoms with E-state index in [0.717, 1.165) is 13.0 Å². The number of nitrogens with one attached hydrogen (secondary N) is 1. The molecule has 0 spiro atoms. The predicted octanol–water partition coefficient (Wildman–Crippen LogP) is 2.09. The average molecular weight is 292 g/mol. The molecule has 1 rings (SSSR count). The lowest BCUT2D eigenvalue weighted by atomic mass is 10.1. The van der Waals surface area contributed by atoms with Crippen LogP contribution < -0.4 is 5.32 Å². The van der Waals surface area contributed by atoms with Gasteiger partial charge in [0.25, 0.3) is 0 Å². The number of hydrogen-bond acceptors (Lipinski definition) is 4. The molecule has 0 amide bonds. The third-order valence-electron chi connectivity index (χ3n) is 2.87. The van der Waals surface area contributed by atoms with E-state index in [1.54, 1.807) is 0 Å². The molecule has 0 aliphatic heterocycles. The molecule has 1 aromatic rings. The third-order valence-corrected chi connectivity index (χ3v) is 2.87. The second kappa shape index (κ2) is 8.15.